The number of carboxylic acids is 1. The topological polar surface area (TPSA) is 62.9 Å². The number of hydrogen-bond acceptors (Lipinski definition) is 4. The summed E-state index contributed by atoms with van der Waals surface area (Å²) in [5, 5.41) is 9.66. The Morgan fingerprint density at radius 3 is 3.05 bits per heavy atom. The highest BCUT2D eigenvalue weighted by atomic mass is 16.5. The van der Waals surface area contributed by atoms with Gasteiger partial charge >= 0.3 is 5.97 Å². The second-order valence-corrected chi connectivity index (χ2v) is 6.15. The van der Waals surface area contributed by atoms with Crippen molar-refractivity contribution in [1.29, 1.82) is 0 Å². The summed E-state index contributed by atoms with van der Waals surface area (Å²) in [4.78, 5) is 14.0. The van der Waals surface area contributed by atoms with E-state index < -0.39 is 11.4 Å². The summed E-state index contributed by atoms with van der Waals surface area (Å²) in [7, 11) is 1.62. The zero-order chi connectivity index (χ0) is 16.0. The number of carbonyl (C=O) groups is 1. The summed E-state index contributed by atoms with van der Waals surface area (Å²) in [5.41, 5.74) is 0.488. The van der Waals surface area contributed by atoms with Crippen LogP contribution in [0.2, 0.25) is 0 Å². The van der Waals surface area contributed by atoms with E-state index in [1.165, 1.54) is 5.57 Å². The first-order valence-electron chi connectivity index (χ1n) is 7.71. The molecule has 0 radical (unpaired) electrons. The molecule has 1 aromatic heterocycles. The number of nitrogens with zero attached hydrogens (tertiary/aromatic N) is 1. The number of likely N-dealkylation sites (tertiary alicyclic amines) is 1. The Labute approximate surface area is 131 Å². The Hall–Kier alpha value is -1.59. The van der Waals surface area contributed by atoms with Crippen LogP contribution in [0.4, 0.5) is 0 Å². The van der Waals surface area contributed by atoms with Crippen LogP contribution in [-0.4, -0.2) is 49.3 Å². The molecule has 1 aromatic rings. The molecule has 0 bridgehead atoms. The molecule has 5 heteroatoms. The van der Waals surface area contributed by atoms with E-state index in [2.05, 4.69) is 11.8 Å². The highest BCUT2D eigenvalue weighted by molar-refractivity contribution is 5.75. The van der Waals surface area contributed by atoms with Crippen molar-refractivity contribution in [2.45, 2.75) is 26.2 Å². The number of piperidine rings is 1. The number of hydrogen-bond donors (Lipinski definition) is 1. The maximum absolute atomic E-state index is 11.8. The summed E-state index contributed by atoms with van der Waals surface area (Å²) >= 11 is 0. The molecule has 0 aromatic carbocycles. The highest BCUT2D eigenvalue weighted by Gasteiger charge is 2.41. The lowest BCUT2D eigenvalue weighted by Gasteiger charge is -2.40. The van der Waals surface area contributed by atoms with E-state index in [0.29, 0.717) is 19.6 Å². The molecule has 1 fully saturated rings. The highest BCUT2D eigenvalue weighted by Crippen LogP contribution is 2.34. The summed E-state index contributed by atoms with van der Waals surface area (Å²) in [6.07, 6.45) is 5.86. The van der Waals surface area contributed by atoms with E-state index in [0.717, 1.165) is 31.7 Å². The van der Waals surface area contributed by atoms with Gasteiger partial charge < -0.3 is 14.3 Å². The van der Waals surface area contributed by atoms with Gasteiger partial charge in [0.15, 0.2) is 0 Å². The monoisotopic (exact) mass is 307 g/mol. The van der Waals surface area contributed by atoms with Crippen molar-refractivity contribution >= 4 is 12.0 Å². The molecule has 1 N–H and O–H groups in total. The van der Waals surface area contributed by atoms with Gasteiger partial charge in [-0.1, -0.05) is 5.57 Å². The molecule has 5 nitrogen and oxygen atoms in total. The van der Waals surface area contributed by atoms with Gasteiger partial charge in [0.2, 0.25) is 0 Å². The van der Waals surface area contributed by atoms with Gasteiger partial charge in [-0.2, -0.15) is 0 Å². The molecule has 1 atom stereocenters. The minimum atomic E-state index is -0.707. The molecule has 122 valence electrons. The Balaban J connectivity index is 2.01. The predicted octanol–water partition coefficient (Wildman–Crippen LogP) is 2.89. The lowest BCUT2D eigenvalue weighted by Crippen LogP contribution is -2.48. The molecular weight excluding hydrogens is 282 g/mol. The summed E-state index contributed by atoms with van der Waals surface area (Å²) in [5.74, 6) is 0.125. The number of furan rings is 1. The molecule has 0 saturated carbocycles. The third-order valence-electron chi connectivity index (χ3n) is 4.30. The smallest absolute Gasteiger partial charge is 0.311 e. The van der Waals surface area contributed by atoms with Gasteiger partial charge in [-0.25, -0.2) is 0 Å². The standard InChI is InChI=1S/C17H25NO4/c1-14(11-15-5-3-9-22-15)12-18-8-4-6-17(13-18,16(19)20)7-10-21-2/h3,5,9,11H,4,6-8,10,12-13H2,1-2H3,(H,19,20)/b14-11+/t17-/m1/s1. The fraction of sp³-hybridized carbons (Fsp3) is 0.588. The Morgan fingerprint density at radius 1 is 1.59 bits per heavy atom. The second kappa shape index (κ2) is 7.61. The fourth-order valence-electron chi connectivity index (χ4n) is 3.16. The molecule has 22 heavy (non-hydrogen) atoms. The maximum atomic E-state index is 11.8. The van der Waals surface area contributed by atoms with Gasteiger partial charge in [-0.15, -0.1) is 0 Å². The van der Waals surface area contributed by atoms with Gasteiger partial charge in [0.1, 0.15) is 5.76 Å². The molecular formula is C17H25NO4. The van der Waals surface area contributed by atoms with Crippen LogP contribution in [-0.2, 0) is 9.53 Å². The van der Waals surface area contributed by atoms with Gasteiger partial charge in [0.25, 0.3) is 0 Å². The largest absolute Gasteiger partial charge is 0.481 e. The normalized spacial score (nSPS) is 23.6. The van der Waals surface area contributed by atoms with Gasteiger partial charge in [0.05, 0.1) is 11.7 Å². The van der Waals surface area contributed by atoms with Crippen LogP contribution in [0.25, 0.3) is 6.08 Å². The molecule has 2 heterocycles. The first kappa shape index (κ1) is 16.8. The molecule has 0 aliphatic carbocycles. The Bertz CT molecular complexity index is 509. The SMILES string of the molecule is COCC[C@]1(C(=O)O)CCCN(C/C(C)=C/c2ccco2)C1. The van der Waals surface area contributed by atoms with E-state index in [1.807, 2.05) is 18.2 Å². The lowest BCUT2D eigenvalue weighted by molar-refractivity contribution is -0.154. The van der Waals surface area contributed by atoms with Crippen molar-refractivity contribution in [2.24, 2.45) is 5.41 Å². The summed E-state index contributed by atoms with van der Waals surface area (Å²) in [6.45, 7) is 4.82. The van der Waals surface area contributed by atoms with Gasteiger partial charge in [0, 0.05) is 26.8 Å². The number of aliphatic carboxylic acids is 1. The Morgan fingerprint density at radius 2 is 2.41 bits per heavy atom. The van der Waals surface area contributed by atoms with E-state index in [4.69, 9.17) is 9.15 Å². The third-order valence-corrected chi connectivity index (χ3v) is 4.30. The molecule has 1 aliphatic heterocycles. The zero-order valence-corrected chi connectivity index (χ0v) is 13.4. The lowest BCUT2D eigenvalue weighted by atomic mass is 9.77. The minimum Gasteiger partial charge on any atom is -0.481 e. The number of ether oxygens (including phenoxy) is 1. The van der Waals surface area contributed by atoms with E-state index >= 15 is 0 Å². The van der Waals surface area contributed by atoms with Crippen molar-refractivity contribution in [2.75, 3.05) is 33.4 Å². The van der Waals surface area contributed by atoms with Crippen LogP contribution in [0.1, 0.15) is 31.9 Å². The molecule has 1 aliphatic rings. The van der Waals surface area contributed by atoms with Crippen molar-refractivity contribution in [3.63, 3.8) is 0 Å². The van der Waals surface area contributed by atoms with Crippen LogP contribution < -0.4 is 0 Å². The first-order valence-corrected chi connectivity index (χ1v) is 7.71. The van der Waals surface area contributed by atoms with Crippen LogP contribution in [0.3, 0.4) is 0 Å². The average Bonchev–Trinajstić information content (AvgIpc) is 2.98. The van der Waals surface area contributed by atoms with Crippen LogP contribution >= 0.6 is 0 Å². The minimum absolute atomic E-state index is 0.487. The molecule has 0 amide bonds. The van der Waals surface area contributed by atoms with Crippen LogP contribution in [0.5, 0.6) is 0 Å². The van der Waals surface area contributed by atoms with Gasteiger partial charge in [-0.05, 0) is 50.9 Å². The predicted molar refractivity (Wildman–Crippen MR) is 84.6 cm³/mol. The zero-order valence-electron chi connectivity index (χ0n) is 13.4. The summed E-state index contributed by atoms with van der Waals surface area (Å²) < 4.78 is 10.4. The van der Waals surface area contributed by atoms with Crippen molar-refractivity contribution in [3.05, 3.63) is 29.7 Å². The molecule has 0 spiro atoms. The van der Waals surface area contributed by atoms with Crippen molar-refractivity contribution in [3.8, 4) is 0 Å². The summed E-state index contributed by atoms with van der Waals surface area (Å²) in [6, 6.07) is 3.78. The first-order chi connectivity index (χ1) is 10.6. The van der Waals surface area contributed by atoms with E-state index in [1.54, 1.807) is 13.4 Å². The second-order valence-electron chi connectivity index (χ2n) is 6.15. The van der Waals surface area contributed by atoms with Crippen LogP contribution in [0, 0.1) is 5.41 Å². The van der Waals surface area contributed by atoms with E-state index in [-0.39, 0.29) is 0 Å². The maximum Gasteiger partial charge on any atom is 0.311 e. The van der Waals surface area contributed by atoms with Crippen LogP contribution in [0.15, 0.2) is 28.4 Å². The quantitative estimate of drug-likeness (QED) is 0.839. The number of methoxy groups -OCH3 is 1. The molecule has 0 unspecified atom stereocenters. The van der Waals surface area contributed by atoms with Crippen molar-refractivity contribution < 1.29 is 19.1 Å². The molecule has 2 rings (SSSR count). The van der Waals surface area contributed by atoms with E-state index in [9.17, 15) is 9.90 Å². The number of carboxylic acid groups (broad SMARTS) is 1. The number of rotatable bonds is 7. The fourth-order valence-corrected chi connectivity index (χ4v) is 3.16. The van der Waals surface area contributed by atoms with Gasteiger partial charge in [-0.3, -0.25) is 9.69 Å². The molecule has 1 saturated heterocycles. The average molecular weight is 307 g/mol. The third kappa shape index (κ3) is 4.21. The Kier molecular flexibility index (Phi) is 5.80. The van der Waals surface area contributed by atoms with Crippen molar-refractivity contribution in [1.82, 2.24) is 4.90 Å².